The summed E-state index contributed by atoms with van der Waals surface area (Å²) in [6.45, 7) is 0. The molecule has 7 heteroatoms. The van der Waals surface area contributed by atoms with Crippen molar-refractivity contribution in [3.05, 3.63) is 82.2 Å². The molecule has 0 fully saturated rings. The van der Waals surface area contributed by atoms with Gasteiger partial charge in [-0.25, -0.2) is 9.37 Å². The summed E-state index contributed by atoms with van der Waals surface area (Å²) < 4.78 is 19.9. The maximum absolute atomic E-state index is 13.4. The van der Waals surface area contributed by atoms with Crippen molar-refractivity contribution in [3.8, 4) is 17.7 Å². The van der Waals surface area contributed by atoms with Crippen LogP contribution >= 0.6 is 15.9 Å². The second kappa shape index (κ2) is 7.76. The van der Waals surface area contributed by atoms with Crippen LogP contribution in [-0.2, 0) is 0 Å². The molecule has 0 aliphatic heterocycles. The largest absolute Gasteiger partial charge is 0.438 e. The molecular weight excluding hydrogens is 401 g/mol. The van der Waals surface area contributed by atoms with Gasteiger partial charge >= 0.3 is 0 Å². The molecule has 0 saturated heterocycles. The zero-order valence-electron chi connectivity index (χ0n) is 13.2. The molecule has 3 rings (SSSR count). The van der Waals surface area contributed by atoms with Gasteiger partial charge in [-0.05, 0) is 48.5 Å². The van der Waals surface area contributed by atoms with Crippen LogP contribution in [0.1, 0.15) is 15.9 Å². The van der Waals surface area contributed by atoms with Crippen LogP contribution < -0.4 is 10.1 Å². The van der Waals surface area contributed by atoms with Crippen molar-refractivity contribution in [2.45, 2.75) is 0 Å². The van der Waals surface area contributed by atoms with Gasteiger partial charge in [-0.15, -0.1) is 0 Å². The van der Waals surface area contributed by atoms with Crippen LogP contribution in [0.3, 0.4) is 0 Å². The lowest BCUT2D eigenvalue weighted by Gasteiger charge is -2.11. The minimum atomic E-state index is -0.648. The number of aromatic nitrogens is 1. The van der Waals surface area contributed by atoms with Crippen molar-refractivity contribution in [3.63, 3.8) is 0 Å². The first-order chi connectivity index (χ1) is 12.6. The number of amides is 1. The summed E-state index contributed by atoms with van der Waals surface area (Å²) in [6.07, 6.45) is 1.51. The average molecular weight is 412 g/mol. The first kappa shape index (κ1) is 17.6. The zero-order chi connectivity index (χ0) is 18.5. The summed E-state index contributed by atoms with van der Waals surface area (Å²) in [4.78, 5) is 16.7. The maximum atomic E-state index is 13.4. The molecule has 1 amide bonds. The molecule has 26 heavy (non-hydrogen) atoms. The first-order valence-electron chi connectivity index (χ1n) is 7.46. The van der Waals surface area contributed by atoms with Gasteiger partial charge in [0.2, 0.25) is 5.88 Å². The van der Waals surface area contributed by atoms with Crippen molar-refractivity contribution in [1.29, 1.82) is 5.26 Å². The lowest BCUT2D eigenvalue weighted by molar-refractivity contribution is 0.102. The van der Waals surface area contributed by atoms with Gasteiger partial charge in [0.15, 0.2) is 0 Å². The van der Waals surface area contributed by atoms with Gasteiger partial charge in [0.1, 0.15) is 23.2 Å². The fraction of sp³-hybridized carbons (Fsp3) is 0. The van der Waals surface area contributed by atoms with Crippen LogP contribution in [0, 0.1) is 17.1 Å². The van der Waals surface area contributed by atoms with Gasteiger partial charge in [0.25, 0.3) is 5.91 Å². The van der Waals surface area contributed by atoms with Crippen molar-refractivity contribution in [1.82, 2.24) is 4.98 Å². The third kappa shape index (κ3) is 4.05. The number of hydrogen-bond donors (Lipinski definition) is 1. The van der Waals surface area contributed by atoms with E-state index in [0.717, 1.165) is 10.5 Å². The predicted octanol–water partition coefficient (Wildman–Crippen LogP) is 4.90. The Balaban J connectivity index is 1.85. The Morgan fingerprint density at radius 2 is 2.04 bits per heavy atom. The molecule has 1 heterocycles. The molecule has 0 unspecified atom stereocenters. The highest BCUT2D eigenvalue weighted by molar-refractivity contribution is 9.10. The van der Waals surface area contributed by atoms with Crippen LogP contribution in [-0.4, -0.2) is 10.9 Å². The number of benzene rings is 2. The molecule has 3 aromatic rings. The highest BCUT2D eigenvalue weighted by atomic mass is 79.9. The van der Waals surface area contributed by atoms with Crippen LogP contribution in [0.4, 0.5) is 10.1 Å². The summed E-state index contributed by atoms with van der Waals surface area (Å²) in [5.74, 6) is -0.490. The van der Waals surface area contributed by atoms with Crippen molar-refractivity contribution in [2.75, 3.05) is 5.32 Å². The zero-order valence-corrected chi connectivity index (χ0v) is 14.8. The van der Waals surface area contributed by atoms with Gasteiger partial charge in [-0.1, -0.05) is 22.0 Å². The molecule has 0 radical (unpaired) electrons. The molecule has 5 nitrogen and oxygen atoms in total. The van der Waals surface area contributed by atoms with Crippen LogP contribution in [0.2, 0.25) is 0 Å². The molecule has 1 N–H and O–H groups in total. The number of ether oxygens (including phenoxy) is 1. The minimum Gasteiger partial charge on any atom is -0.438 e. The first-order valence-corrected chi connectivity index (χ1v) is 8.25. The number of rotatable bonds is 4. The summed E-state index contributed by atoms with van der Waals surface area (Å²) in [5.41, 5.74) is 0.347. The third-order valence-corrected chi connectivity index (χ3v) is 3.86. The lowest BCUT2D eigenvalue weighted by atomic mass is 10.2. The monoisotopic (exact) mass is 411 g/mol. The Morgan fingerprint density at radius 1 is 1.19 bits per heavy atom. The number of nitrogens with one attached hydrogen (secondary N) is 1. The van der Waals surface area contributed by atoms with E-state index >= 15 is 0 Å². The fourth-order valence-corrected chi connectivity index (χ4v) is 2.55. The smallest absolute Gasteiger partial charge is 0.261 e. The van der Waals surface area contributed by atoms with Crippen LogP contribution in [0.5, 0.6) is 11.6 Å². The Labute approximate surface area is 157 Å². The van der Waals surface area contributed by atoms with E-state index in [-0.39, 0.29) is 17.0 Å². The van der Waals surface area contributed by atoms with Gasteiger partial charge < -0.3 is 10.1 Å². The van der Waals surface area contributed by atoms with E-state index in [1.165, 1.54) is 18.3 Å². The second-order valence-electron chi connectivity index (χ2n) is 5.18. The van der Waals surface area contributed by atoms with E-state index in [9.17, 15) is 9.18 Å². The van der Waals surface area contributed by atoms with E-state index in [1.807, 2.05) is 6.07 Å². The maximum Gasteiger partial charge on any atom is 0.261 e. The molecule has 128 valence electrons. The Hall–Kier alpha value is -3.24. The number of anilines is 1. The number of halogens is 2. The van der Waals surface area contributed by atoms with E-state index < -0.39 is 11.7 Å². The minimum absolute atomic E-state index is 0.130. The number of nitrogens with zero attached hydrogens (tertiary/aromatic N) is 2. The lowest BCUT2D eigenvalue weighted by Crippen LogP contribution is -2.13. The standard InChI is InChI=1S/C19H11BrFN3O2/c20-13-3-1-4-15(10-13)26-19-16(5-2-8-23-19)18(25)24-14-6-7-17(21)12(9-14)11-22/h1-10H,(H,24,25). The summed E-state index contributed by atoms with van der Waals surface area (Å²) in [6, 6.07) is 15.8. The molecule has 1 aromatic heterocycles. The van der Waals surface area contributed by atoms with Gasteiger partial charge in [0.05, 0.1) is 5.56 Å². The summed E-state index contributed by atoms with van der Waals surface area (Å²) in [5, 5.41) is 11.5. The molecule has 2 aromatic carbocycles. The van der Waals surface area contributed by atoms with Gasteiger partial charge in [-0.2, -0.15) is 5.26 Å². The summed E-state index contributed by atoms with van der Waals surface area (Å²) in [7, 11) is 0. The van der Waals surface area contributed by atoms with Crippen molar-refractivity contribution >= 4 is 27.5 Å². The molecule has 0 aliphatic carbocycles. The number of pyridine rings is 1. The Kier molecular flexibility index (Phi) is 5.25. The molecular formula is C19H11BrFN3O2. The number of hydrogen-bond acceptors (Lipinski definition) is 4. The van der Waals surface area contributed by atoms with E-state index in [1.54, 1.807) is 36.4 Å². The van der Waals surface area contributed by atoms with E-state index in [2.05, 4.69) is 26.2 Å². The molecule has 0 aliphatic rings. The second-order valence-corrected chi connectivity index (χ2v) is 6.09. The van der Waals surface area contributed by atoms with Crippen LogP contribution in [0.25, 0.3) is 0 Å². The highest BCUT2D eigenvalue weighted by Gasteiger charge is 2.15. The Morgan fingerprint density at radius 3 is 2.81 bits per heavy atom. The normalized spacial score (nSPS) is 10.0. The molecule has 0 bridgehead atoms. The number of nitriles is 1. The fourth-order valence-electron chi connectivity index (χ4n) is 2.17. The number of carbonyl (C=O) groups is 1. The Bertz CT molecular complexity index is 1020. The van der Waals surface area contributed by atoms with Crippen molar-refractivity contribution < 1.29 is 13.9 Å². The van der Waals surface area contributed by atoms with Gasteiger partial charge in [0, 0.05) is 16.4 Å². The molecule has 0 spiro atoms. The summed E-state index contributed by atoms with van der Waals surface area (Å²) >= 11 is 3.35. The topological polar surface area (TPSA) is 75.0 Å². The predicted molar refractivity (Wildman–Crippen MR) is 97.5 cm³/mol. The van der Waals surface area contributed by atoms with E-state index in [4.69, 9.17) is 10.00 Å². The SMILES string of the molecule is N#Cc1cc(NC(=O)c2cccnc2Oc2cccc(Br)c2)ccc1F. The third-order valence-electron chi connectivity index (χ3n) is 3.37. The number of carbonyl (C=O) groups excluding carboxylic acids is 1. The molecule has 0 saturated carbocycles. The molecule has 0 atom stereocenters. The van der Waals surface area contributed by atoms with Crippen LogP contribution in [0.15, 0.2) is 65.3 Å². The quantitative estimate of drug-likeness (QED) is 0.662. The van der Waals surface area contributed by atoms with E-state index in [0.29, 0.717) is 11.4 Å². The average Bonchev–Trinajstić information content (AvgIpc) is 2.63. The highest BCUT2D eigenvalue weighted by Crippen LogP contribution is 2.26. The van der Waals surface area contributed by atoms with Crippen molar-refractivity contribution in [2.24, 2.45) is 0 Å². The van der Waals surface area contributed by atoms with Gasteiger partial charge in [-0.3, -0.25) is 4.79 Å².